The topological polar surface area (TPSA) is 80.9 Å². The maximum Gasteiger partial charge on any atom is 0.214 e. The number of nitrogens with one attached hydrogen (secondary N) is 2. The molecule has 31 heavy (non-hydrogen) atoms. The van der Waals surface area contributed by atoms with Gasteiger partial charge in [0.1, 0.15) is 11.9 Å². The smallest absolute Gasteiger partial charge is 0.214 e. The highest BCUT2D eigenvalue weighted by Gasteiger charge is 2.19. The number of oxazole rings is 1. The zero-order chi connectivity index (χ0) is 21.5. The number of hydrogen-bond donors (Lipinski definition) is 2. The first-order valence-corrected chi connectivity index (χ1v) is 10.5. The van der Waals surface area contributed by atoms with Gasteiger partial charge in [-0.05, 0) is 18.6 Å². The first kappa shape index (κ1) is 20.9. The predicted molar refractivity (Wildman–Crippen MR) is 120 cm³/mol. The van der Waals surface area contributed by atoms with Crippen LogP contribution in [0.15, 0.2) is 64.1 Å². The number of ether oxygens (including phenoxy) is 2. The SMILES string of the molecule is CN=C(NCc1ncc(-c2ccccc2)o1)NCc1ccc(C)cc1OC1CCOC1. The van der Waals surface area contributed by atoms with Crippen molar-refractivity contribution in [2.24, 2.45) is 4.99 Å². The van der Waals surface area contributed by atoms with E-state index in [1.54, 1.807) is 13.2 Å². The molecule has 1 aliphatic heterocycles. The van der Waals surface area contributed by atoms with E-state index < -0.39 is 0 Å². The lowest BCUT2D eigenvalue weighted by molar-refractivity contribution is 0.140. The predicted octanol–water partition coefficient (Wildman–Crippen LogP) is 3.68. The summed E-state index contributed by atoms with van der Waals surface area (Å²) < 4.78 is 17.5. The van der Waals surface area contributed by atoms with E-state index in [-0.39, 0.29) is 6.10 Å². The largest absolute Gasteiger partial charge is 0.488 e. The van der Waals surface area contributed by atoms with Gasteiger partial charge in [-0.3, -0.25) is 4.99 Å². The van der Waals surface area contributed by atoms with E-state index in [2.05, 4.69) is 45.7 Å². The number of guanidine groups is 1. The van der Waals surface area contributed by atoms with E-state index in [0.717, 1.165) is 35.7 Å². The van der Waals surface area contributed by atoms with Gasteiger partial charge in [-0.1, -0.05) is 42.5 Å². The van der Waals surface area contributed by atoms with E-state index in [1.807, 2.05) is 30.3 Å². The first-order chi connectivity index (χ1) is 15.2. The Balaban J connectivity index is 1.33. The molecule has 1 atom stereocenters. The third-order valence-corrected chi connectivity index (χ3v) is 5.09. The van der Waals surface area contributed by atoms with Crippen molar-refractivity contribution in [3.8, 4) is 17.1 Å². The van der Waals surface area contributed by atoms with Gasteiger partial charge < -0.3 is 24.5 Å². The Labute approximate surface area is 182 Å². The second-order valence-electron chi connectivity index (χ2n) is 7.48. The van der Waals surface area contributed by atoms with Crippen molar-refractivity contribution in [1.29, 1.82) is 0 Å². The van der Waals surface area contributed by atoms with Crippen LogP contribution < -0.4 is 15.4 Å². The van der Waals surface area contributed by atoms with Crippen LogP contribution in [0.4, 0.5) is 0 Å². The summed E-state index contributed by atoms with van der Waals surface area (Å²) in [6.07, 6.45) is 2.78. The van der Waals surface area contributed by atoms with Crippen molar-refractivity contribution in [2.75, 3.05) is 20.3 Å². The second-order valence-corrected chi connectivity index (χ2v) is 7.48. The van der Waals surface area contributed by atoms with Gasteiger partial charge in [0.05, 0.1) is 26.0 Å². The van der Waals surface area contributed by atoms with E-state index >= 15 is 0 Å². The van der Waals surface area contributed by atoms with Crippen molar-refractivity contribution in [3.05, 3.63) is 71.7 Å². The van der Waals surface area contributed by atoms with Crippen LogP contribution in [0.1, 0.15) is 23.4 Å². The van der Waals surface area contributed by atoms with Gasteiger partial charge in [0.2, 0.25) is 5.89 Å². The molecular weight excluding hydrogens is 392 g/mol. The minimum Gasteiger partial charge on any atom is -0.488 e. The number of benzene rings is 2. The van der Waals surface area contributed by atoms with Gasteiger partial charge in [-0.2, -0.15) is 0 Å². The summed E-state index contributed by atoms with van der Waals surface area (Å²) >= 11 is 0. The molecule has 4 rings (SSSR count). The van der Waals surface area contributed by atoms with Crippen molar-refractivity contribution in [2.45, 2.75) is 32.5 Å². The summed E-state index contributed by atoms with van der Waals surface area (Å²) in [6, 6.07) is 16.2. The molecule has 0 amide bonds. The Morgan fingerprint density at radius 1 is 1.16 bits per heavy atom. The fraction of sp³-hybridized carbons (Fsp3) is 0.333. The molecule has 0 bridgehead atoms. The van der Waals surface area contributed by atoms with Gasteiger partial charge in [-0.25, -0.2) is 4.98 Å². The molecule has 1 aromatic heterocycles. The minimum absolute atomic E-state index is 0.113. The summed E-state index contributed by atoms with van der Waals surface area (Å²) in [5.41, 5.74) is 3.24. The molecule has 7 heteroatoms. The van der Waals surface area contributed by atoms with Crippen LogP contribution in [0.2, 0.25) is 0 Å². The monoisotopic (exact) mass is 420 g/mol. The van der Waals surface area contributed by atoms with E-state index in [0.29, 0.717) is 31.5 Å². The van der Waals surface area contributed by atoms with Crippen LogP contribution in [-0.4, -0.2) is 37.3 Å². The minimum atomic E-state index is 0.113. The number of rotatable bonds is 7. The van der Waals surface area contributed by atoms with E-state index in [4.69, 9.17) is 13.9 Å². The van der Waals surface area contributed by atoms with Gasteiger partial charge in [0.25, 0.3) is 0 Å². The summed E-state index contributed by atoms with van der Waals surface area (Å²) in [4.78, 5) is 8.65. The van der Waals surface area contributed by atoms with Crippen molar-refractivity contribution >= 4 is 5.96 Å². The Morgan fingerprint density at radius 3 is 2.77 bits per heavy atom. The van der Waals surface area contributed by atoms with Crippen LogP contribution >= 0.6 is 0 Å². The number of hydrogen-bond acceptors (Lipinski definition) is 5. The Morgan fingerprint density at radius 2 is 2.00 bits per heavy atom. The van der Waals surface area contributed by atoms with Crippen molar-refractivity contribution in [3.63, 3.8) is 0 Å². The molecule has 2 aromatic carbocycles. The molecule has 3 aromatic rings. The molecule has 1 unspecified atom stereocenters. The average Bonchev–Trinajstić information content (AvgIpc) is 3.48. The maximum atomic E-state index is 6.18. The van der Waals surface area contributed by atoms with Crippen LogP contribution in [0.3, 0.4) is 0 Å². The third kappa shape index (κ3) is 5.64. The van der Waals surface area contributed by atoms with Crippen LogP contribution in [-0.2, 0) is 17.8 Å². The van der Waals surface area contributed by atoms with E-state index in [9.17, 15) is 0 Å². The fourth-order valence-electron chi connectivity index (χ4n) is 3.39. The molecule has 2 heterocycles. The molecule has 2 N–H and O–H groups in total. The second kappa shape index (κ2) is 10.1. The quantitative estimate of drug-likeness (QED) is 0.448. The highest BCUT2D eigenvalue weighted by Crippen LogP contribution is 2.24. The van der Waals surface area contributed by atoms with Crippen molar-refractivity contribution in [1.82, 2.24) is 15.6 Å². The normalized spacial score (nSPS) is 16.3. The summed E-state index contributed by atoms with van der Waals surface area (Å²) in [5, 5.41) is 6.58. The lowest BCUT2D eigenvalue weighted by Crippen LogP contribution is -2.36. The molecule has 1 fully saturated rings. The Kier molecular flexibility index (Phi) is 6.84. The first-order valence-electron chi connectivity index (χ1n) is 10.5. The van der Waals surface area contributed by atoms with Gasteiger partial charge in [0.15, 0.2) is 11.7 Å². The van der Waals surface area contributed by atoms with Gasteiger partial charge >= 0.3 is 0 Å². The molecular formula is C24H28N4O3. The number of aromatic nitrogens is 1. The molecule has 1 aliphatic rings. The Bertz CT molecular complexity index is 1010. The third-order valence-electron chi connectivity index (χ3n) is 5.09. The average molecular weight is 421 g/mol. The van der Waals surface area contributed by atoms with E-state index in [1.165, 1.54) is 5.56 Å². The highest BCUT2D eigenvalue weighted by molar-refractivity contribution is 5.79. The number of nitrogens with zero attached hydrogens (tertiary/aromatic N) is 2. The lowest BCUT2D eigenvalue weighted by atomic mass is 10.1. The summed E-state index contributed by atoms with van der Waals surface area (Å²) in [7, 11) is 1.74. The Hall–Kier alpha value is -3.32. The number of aryl methyl sites for hydroxylation is 1. The summed E-state index contributed by atoms with van der Waals surface area (Å²) in [5.74, 6) is 2.90. The molecule has 1 saturated heterocycles. The standard InChI is InChI=1S/C24H28N4O3/c1-17-8-9-19(21(12-17)30-20-10-11-29-16-20)13-27-24(25-2)28-15-23-26-14-22(31-23)18-6-4-3-5-7-18/h3-9,12,14,20H,10-11,13,15-16H2,1-2H3,(H2,25,27,28). The molecule has 0 radical (unpaired) electrons. The zero-order valence-electron chi connectivity index (χ0n) is 17.9. The molecule has 7 nitrogen and oxygen atoms in total. The number of aliphatic imine (C=N–C) groups is 1. The van der Waals surface area contributed by atoms with Crippen LogP contribution in [0.5, 0.6) is 5.75 Å². The molecule has 0 saturated carbocycles. The maximum absolute atomic E-state index is 6.18. The van der Waals surface area contributed by atoms with Crippen molar-refractivity contribution < 1.29 is 13.9 Å². The molecule has 0 spiro atoms. The zero-order valence-corrected chi connectivity index (χ0v) is 17.9. The lowest BCUT2D eigenvalue weighted by Gasteiger charge is -2.17. The van der Waals surface area contributed by atoms with Gasteiger partial charge in [0, 0.05) is 31.1 Å². The molecule has 0 aliphatic carbocycles. The highest BCUT2D eigenvalue weighted by atomic mass is 16.5. The van der Waals surface area contributed by atoms with Crippen LogP contribution in [0, 0.1) is 6.92 Å². The fourth-order valence-corrected chi connectivity index (χ4v) is 3.39. The van der Waals surface area contributed by atoms with Crippen LogP contribution in [0.25, 0.3) is 11.3 Å². The molecule has 162 valence electrons. The van der Waals surface area contributed by atoms with Gasteiger partial charge in [-0.15, -0.1) is 0 Å². The summed E-state index contributed by atoms with van der Waals surface area (Å²) in [6.45, 7) is 4.49.